The highest BCUT2D eigenvalue weighted by Crippen LogP contribution is 2.33. The average Bonchev–Trinajstić information content (AvgIpc) is 3.44. The molecule has 0 spiro atoms. The molecule has 0 atom stereocenters. The Kier molecular flexibility index (Phi) is 4.35. The number of hydrogen-bond donors (Lipinski definition) is 0. The summed E-state index contributed by atoms with van der Waals surface area (Å²) >= 11 is 0. The van der Waals surface area contributed by atoms with Gasteiger partial charge in [-0.1, -0.05) is 0 Å². The number of piperidine rings is 1. The van der Waals surface area contributed by atoms with Crippen LogP contribution >= 0.6 is 0 Å². The van der Waals surface area contributed by atoms with Crippen LogP contribution in [0.4, 0.5) is 4.39 Å². The average molecular weight is 379 g/mol. The van der Waals surface area contributed by atoms with Crippen molar-refractivity contribution in [2.75, 3.05) is 13.1 Å². The van der Waals surface area contributed by atoms with Gasteiger partial charge in [0, 0.05) is 25.7 Å². The number of halogens is 1. The van der Waals surface area contributed by atoms with Gasteiger partial charge in [-0.2, -0.15) is 0 Å². The quantitative estimate of drug-likeness (QED) is 0.815. The lowest BCUT2D eigenvalue weighted by Crippen LogP contribution is -2.41. The largest absolute Gasteiger partial charge is 0.296 e. The van der Waals surface area contributed by atoms with Crippen molar-refractivity contribution in [3.8, 4) is 0 Å². The van der Waals surface area contributed by atoms with Crippen molar-refractivity contribution in [1.82, 2.24) is 13.9 Å². The molecule has 1 aliphatic carbocycles. The Labute approximate surface area is 151 Å². The third-order valence-electron chi connectivity index (χ3n) is 5.43. The summed E-state index contributed by atoms with van der Waals surface area (Å²) in [6.45, 7) is 3.30. The standard InChI is InChI=1S/C18H22FN3O3S/c1-12-20-17-10-14(19)2-5-16(17)18(23)22(12)11-13-6-8-21(9-7-13)26(24,25)15-3-4-15/h2,5,10,13,15H,3-4,6-9,11H2,1H3. The Hall–Kier alpha value is -1.80. The maximum absolute atomic E-state index is 13.4. The van der Waals surface area contributed by atoms with Crippen LogP contribution in [-0.4, -0.2) is 40.6 Å². The Morgan fingerprint density at radius 2 is 1.88 bits per heavy atom. The second-order valence-electron chi connectivity index (χ2n) is 7.32. The van der Waals surface area contributed by atoms with Gasteiger partial charge in [-0.15, -0.1) is 0 Å². The Morgan fingerprint density at radius 1 is 1.19 bits per heavy atom. The summed E-state index contributed by atoms with van der Waals surface area (Å²) in [6.07, 6.45) is 3.03. The van der Waals surface area contributed by atoms with E-state index >= 15 is 0 Å². The molecule has 4 rings (SSSR count). The van der Waals surface area contributed by atoms with Crippen molar-refractivity contribution in [1.29, 1.82) is 0 Å². The van der Waals surface area contributed by atoms with Crippen LogP contribution in [0.25, 0.3) is 10.9 Å². The van der Waals surface area contributed by atoms with E-state index in [1.807, 2.05) is 0 Å². The fraction of sp³-hybridized carbons (Fsp3) is 0.556. The molecule has 8 heteroatoms. The molecule has 0 radical (unpaired) electrons. The number of hydrogen-bond acceptors (Lipinski definition) is 4. The van der Waals surface area contributed by atoms with E-state index < -0.39 is 15.8 Å². The Bertz CT molecular complexity index is 1010. The number of sulfonamides is 1. The van der Waals surface area contributed by atoms with Gasteiger partial charge in [-0.25, -0.2) is 22.1 Å². The zero-order valence-electron chi connectivity index (χ0n) is 14.7. The summed E-state index contributed by atoms with van der Waals surface area (Å²) in [5.41, 5.74) is 0.203. The molecular formula is C18H22FN3O3S. The Balaban J connectivity index is 1.52. The fourth-order valence-corrected chi connectivity index (χ4v) is 5.57. The molecule has 1 saturated carbocycles. The van der Waals surface area contributed by atoms with E-state index in [1.165, 1.54) is 18.2 Å². The van der Waals surface area contributed by atoms with Crippen LogP contribution in [0.3, 0.4) is 0 Å². The molecule has 0 unspecified atom stereocenters. The van der Waals surface area contributed by atoms with Crippen molar-refractivity contribution in [2.24, 2.45) is 5.92 Å². The lowest BCUT2D eigenvalue weighted by Gasteiger charge is -2.31. The summed E-state index contributed by atoms with van der Waals surface area (Å²) in [5.74, 6) is 0.378. The van der Waals surface area contributed by atoms with Crippen molar-refractivity contribution >= 4 is 20.9 Å². The molecule has 1 aromatic carbocycles. The normalized spacial score (nSPS) is 19.9. The first-order valence-corrected chi connectivity index (χ1v) is 10.5. The lowest BCUT2D eigenvalue weighted by atomic mass is 9.98. The predicted octanol–water partition coefficient (Wildman–Crippen LogP) is 2.05. The van der Waals surface area contributed by atoms with E-state index in [4.69, 9.17) is 0 Å². The smallest absolute Gasteiger partial charge is 0.261 e. The first-order chi connectivity index (χ1) is 12.4. The molecule has 6 nitrogen and oxygen atoms in total. The zero-order valence-corrected chi connectivity index (χ0v) is 15.5. The molecule has 0 N–H and O–H groups in total. The highest BCUT2D eigenvalue weighted by atomic mass is 32.2. The van der Waals surface area contributed by atoms with Crippen LogP contribution in [0, 0.1) is 18.7 Å². The van der Waals surface area contributed by atoms with E-state index in [2.05, 4.69) is 4.98 Å². The van der Waals surface area contributed by atoms with E-state index in [1.54, 1.807) is 15.8 Å². The zero-order chi connectivity index (χ0) is 18.5. The number of aromatic nitrogens is 2. The van der Waals surface area contributed by atoms with Gasteiger partial charge in [-0.05, 0) is 50.7 Å². The van der Waals surface area contributed by atoms with Crippen LogP contribution in [0.1, 0.15) is 31.5 Å². The van der Waals surface area contributed by atoms with Gasteiger partial charge in [0.05, 0.1) is 16.2 Å². The third kappa shape index (κ3) is 3.16. The number of rotatable bonds is 4. The van der Waals surface area contributed by atoms with Crippen LogP contribution in [0.2, 0.25) is 0 Å². The van der Waals surface area contributed by atoms with E-state index in [-0.39, 0.29) is 16.7 Å². The monoisotopic (exact) mass is 379 g/mol. The van der Waals surface area contributed by atoms with Crippen LogP contribution in [-0.2, 0) is 16.6 Å². The second-order valence-corrected chi connectivity index (χ2v) is 9.54. The van der Waals surface area contributed by atoms with Crippen LogP contribution < -0.4 is 5.56 Å². The second kappa shape index (κ2) is 6.42. The highest BCUT2D eigenvalue weighted by Gasteiger charge is 2.41. The summed E-state index contributed by atoms with van der Waals surface area (Å²) in [7, 11) is -3.12. The SMILES string of the molecule is Cc1nc2cc(F)ccc2c(=O)n1CC1CCN(S(=O)(=O)C2CC2)CC1. The molecule has 1 saturated heterocycles. The predicted molar refractivity (Wildman–Crippen MR) is 96.9 cm³/mol. The van der Waals surface area contributed by atoms with Gasteiger partial charge in [0.1, 0.15) is 11.6 Å². The first-order valence-electron chi connectivity index (χ1n) is 9.02. The molecule has 1 aromatic heterocycles. The number of nitrogens with zero attached hydrogens (tertiary/aromatic N) is 3. The highest BCUT2D eigenvalue weighted by molar-refractivity contribution is 7.90. The molecule has 0 amide bonds. The minimum Gasteiger partial charge on any atom is -0.296 e. The van der Waals surface area contributed by atoms with E-state index in [9.17, 15) is 17.6 Å². The Morgan fingerprint density at radius 3 is 2.54 bits per heavy atom. The van der Waals surface area contributed by atoms with Gasteiger partial charge >= 0.3 is 0 Å². The summed E-state index contributed by atoms with van der Waals surface area (Å²) in [5, 5.41) is 0.236. The number of fused-ring (bicyclic) bond motifs is 1. The fourth-order valence-electron chi connectivity index (χ4n) is 3.70. The molecule has 2 fully saturated rings. The van der Waals surface area contributed by atoms with Gasteiger partial charge in [0.25, 0.3) is 5.56 Å². The number of benzene rings is 1. The van der Waals surface area contributed by atoms with Gasteiger partial charge in [0.15, 0.2) is 0 Å². The molecule has 2 aromatic rings. The van der Waals surface area contributed by atoms with Crippen LogP contribution in [0.5, 0.6) is 0 Å². The maximum atomic E-state index is 13.4. The molecule has 140 valence electrons. The molecule has 0 bridgehead atoms. The lowest BCUT2D eigenvalue weighted by molar-refractivity contribution is 0.249. The van der Waals surface area contributed by atoms with Crippen molar-refractivity contribution in [2.45, 2.75) is 44.4 Å². The number of aryl methyl sites for hydroxylation is 1. The first kappa shape index (κ1) is 17.6. The van der Waals surface area contributed by atoms with Gasteiger partial charge in [0.2, 0.25) is 10.0 Å². The van der Waals surface area contributed by atoms with Crippen molar-refractivity contribution < 1.29 is 12.8 Å². The molecule has 1 aliphatic heterocycles. The third-order valence-corrected chi connectivity index (χ3v) is 7.83. The maximum Gasteiger partial charge on any atom is 0.261 e. The minimum atomic E-state index is -3.12. The van der Waals surface area contributed by atoms with E-state index in [0.717, 1.165) is 25.7 Å². The molecule has 2 heterocycles. The summed E-state index contributed by atoms with van der Waals surface area (Å²) in [6, 6.07) is 4.02. The summed E-state index contributed by atoms with van der Waals surface area (Å²) < 4.78 is 41.3. The van der Waals surface area contributed by atoms with Gasteiger partial charge < -0.3 is 0 Å². The van der Waals surface area contributed by atoms with Crippen LogP contribution in [0.15, 0.2) is 23.0 Å². The molecular weight excluding hydrogens is 357 g/mol. The minimum absolute atomic E-state index is 0.166. The summed E-state index contributed by atoms with van der Waals surface area (Å²) in [4.78, 5) is 17.1. The topological polar surface area (TPSA) is 72.3 Å². The van der Waals surface area contributed by atoms with Gasteiger partial charge in [-0.3, -0.25) is 9.36 Å². The molecule has 26 heavy (non-hydrogen) atoms. The van der Waals surface area contributed by atoms with E-state index in [0.29, 0.717) is 36.4 Å². The molecule has 2 aliphatic rings. The van der Waals surface area contributed by atoms with Crippen molar-refractivity contribution in [3.05, 3.63) is 40.2 Å². The van der Waals surface area contributed by atoms with Crippen molar-refractivity contribution in [3.63, 3.8) is 0 Å².